The lowest BCUT2D eigenvalue weighted by Crippen LogP contribution is -2.20. The Morgan fingerprint density at radius 1 is 1.47 bits per heavy atom. The first kappa shape index (κ1) is 15.8. The van der Waals surface area contributed by atoms with Crippen molar-refractivity contribution in [1.82, 2.24) is 4.98 Å². The van der Waals surface area contributed by atoms with E-state index in [9.17, 15) is 31.7 Å². The van der Waals surface area contributed by atoms with Crippen molar-refractivity contribution in [2.24, 2.45) is 5.14 Å². The van der Waals surface area contributed by atoms with E-state index >= 15 is 0 Å². The van der Waals surface area contributed by atoms with Crippen LogP contribution in [0, 0.1) is 13.8 Å². The van der Waals surface area contributed by atoms with E-state index in [4.69, 9.17) is 5.14 Å². The van der Waals surface area contributed by atoms with Crippen LogP contribution in [0.4, 0.5) is 18.9 Å². The van der Waals surface area contributed by atoms with Crippen LogP contribution in [0.3, 0.4) is 0 Å². The highest BCUT2D eigenvalue weighted by Gasteiger charge is 2.35. The monoisotopic (exact) mass is 413 g/mol. The summed E-state index contributed by atoms with van der Waals surface area (Å²) in [7, 11) is -4.52. The lowest BCUT2D eigenvalue weighted by molar-refractivity contribution is -0.388. The Bertz CT molecular complexity index is 632. The van der Waals surface area contributed by atoms with Crippen molar-refractivity contribution in [1.29, 1.82) is 0 Å². The van der Waals surface area contributed by atoms with Gasteiger partial charge in [-0.3, -0.25) is 10.1 Å². The maximum absolute atomic E-state index is 12.0. The molecule has 0 aromatic carbocycles. The van der Waals surface area contributed by atoms with E-state index in [0.29, 0.717) is 0 Å². The normalized spacial score (nSPS) is 12.3. The summed E-state index contributed by atoms with van der Waals surface area (Å²) < 4.78 is 61.0. The molecule has 13 heteroatoms. The molecule has 0 radical (unpaired) electrons. The number of nitro groups is 1. The molecule has 0 aliphatic carbocycles. The summed E-state index contributed by atoms with van der Waals surface area (Å²) in [6, 6.07) is 0.232. The first-order chi connectivity index (χ1) is 8.42. The lowest BCUT2D eigenvalue weighted by Gasteiger charge is -2.09. The number of aromatic nitrogens is 1. The second-order valence-corrected chi connectivity index (χ2v) is 5.47. The number of hydrogen-bond acceptors (Lipinski definition) is 6. The molecule has 0 aliphatic rings. The maximum atomic E-state index is 12.0. The minimum Gasteiger partial charge on any atom is -0.388 e. The van der Waals surface area contributed by atoms with Gasteiger partial charge in [0, 0.05) is 0 Å². The van der Waals surface area contributed by atoms with Crippen molar-refractivity contribution >= 4 is 38.3 Å². The van der Waals surface area contributed by atoms with E-state index in [0.717, 1.165) is 0 Å². The van der Waals surface area contributed by atoms with Gasteiger partial charge < -0.3 is 4.74 Å². The summed E-state index contributed by atoms with van der Waals surface area (Å²) in [5.74, 6) is -1.16. The predicted molar refractivity (Wildman–Crippen MR) is 61.7 cm³/mol. The average Bonchev–Trinajstić information content (AvgIpc) is 2.10. The van der Waals surface area contributed by atoms with Gasteiger partial charge >= 0.3 is 6.36 Å². The fourth-order valence-electron chi connectivity index (χ4n) is 1.04. The van der Waals surface area contributed by atoms with Gasteiger partial charge in [0.2, 0.25) is 15.9 Å². The van der Waals surface area contributed by atoms with Crippen LogP contribution >= 0.6 is 22.6 Å². The summed E-state index contributed by atoms with van der Waals surface area (Å²) in [5, 5.41) is 15.4. The summed E-state index contributed by atoms with van der Waals surface area (Å²) in [4.78, 5) is 11.6. The molecule has 1 aromatic rings. The third-order valence-electron chi connectivity index (χ3n) is 1.59. The predicted octanol–water partition coefficient (Wildman–Crippen LogP) is 1.14. The second-order valence-electron chi connectivity index (χ2n) is 2.95. The van der Waals surface area contributed by atoms with Gasteiger partial charge in [-0.1, -0.05) is 0 Å². The number of ether oxygens (including phenoxy) is 1. The standard InChI is InChI=1S/C6H3F3IN3O5S/c7-6(8,9)18-3-1-2(13(14)15)4(5(10)12-3)19(11,16)17/h1H,(H2,11,16,17). The summed E-state index contributed by atoms with van der Waals surface area (Å²) in [5.41, 5.74) is -1.15. The highest BCUT2D eigenvalue weighted by molar-refractivity contribution is 14.1. The van der Waals surface area contributed by atoms with Crippen LogP contribution in [0.5, 0.6) is 5.88 Å². The summed E-state index contributed by atoms with van der Waals surface area (Å²) >= 11 is 1.20. The Hall–Kier alpha value is -1.22. The van der Waals surface area contributed by atoms with Crippen molar-refractivity contribution in [3.8, 4) is 5.88 Å². The van der Waals surface area contributed by atoms with Gasteiger partial charge in [-0.05, 0) is 22.6 Å². The highest BCUT2D eigenvalue weighted by Crippen LogP contribution is 2.32. The third kappa shape index (κ3) is 4.13. The van der Waals surface area contributed by atoms with Gasteiger partial charge in [-0.25, -0.2) is 18.5 Å². The number of pyridine rings is 1. The van der Waals surface area contributed by atoms with Gasteiger partial charge in [0.15, 0.2) is 4.90 Å². The van der Waals surface area contributed by atoms with E-state index in [2.05, 4.69) is 9.72 Å². The van der Waals surface area contributed by atoms with E-state index in [1.54, 1.807) is 0 Å². The molecule has 2 N–H and O–H groups in total. The number of alkyl halides is 3. The zero-order valence-corrected chi connectivity index (χ0v) is 11.5. The minimum atomic E-state index is -5.12. The number of sulfonamides is 1. The molecule has 106 valence electrons. The number of nitrogens with zero attached hydrogens (tertiary/aromatic N) is 2. The maximum Gasteiger partial charge on any atom is 0.574 e. The molecule has 0 aliphatic heterocycles. The number of halogens is 4. The molecular weight excluding hydrogens is 410 g/mol. The van der Waals surface area contributed by atoms with Crippen molar-refractivity contribution in [3.05, 3.63) is 19.9 Å². The molecular formula is C6H3F3IN3O5S. The molecule has 0 atom stereocenters. The Labute approximate surface area is 117 Å². The minimum absolute atomic E-state index is 0.232. The smallest absolute Gasteiger partial charge is 0.388 e. The molecule has 0 spiro atoms. The van der Waals surface area contributed by atoms with Crippen LogP contribution in [0.25, 0.3) is 0 Å². The SMILES string of the molecule is NS(=O)(=O)c1c([N+](=O)[O-])cc(OC(F)(F)F)nc1I. The van der Waals surface area contributed by atoms with E-state index in [1.165, 1.54) is 22.6 Å². The Balaban J connectivity index is 3.52. The Morgan fingerprint density at radius 2 is 2.00 bits per heavy atom. The van der Waals surface area contributed by atoms with Crippen LogP contribution in [0.15, 0.2) is 11.0 Å². The quantitative estimate of drug-likeness (QED) is 0.343. The van der Waals surface area contributed by atoms with Gasteiger partial charge in [0.1, 0.15) is 3.70 Å². The Kier molecular flexibility index (Phi) is 4.20. The number of primary sulfonamides is 1. The van der Waals surface area contributed by atoms with Gasteiger partial charge in [-0.15, -0.1) is 13.2 Å². The van der Waals surface area contributed by atoms with Crippen molar-refractivity contribution in [3.63, 3.8) is 0 Å². The number of hydrogen-bond donors (Lipinski definition) is 1. The summed E-state index contributed by atoms with van der Waals surface area (Å²) in [6.07, 6.45) is -5.12. The first-order valence-electron chi connectivity index (χ1n) is 4.05. The van der Waals surface area contributed by atoms with Crippen LogP contribution in [0.1, 0.15) is 0 Å². The number of nitrogens with two attached hydrogens (primary N) is 1. The Morgan fingerprint density at radius 3 is 2.37 bits per heavy atom. The number of rotatable bonds is 3. The molecule has 8 nitrogen and oxygen atoms in total. The molecule has 0 saturated heterocycles. The second kappa shape index (κ2) is 5.04. The summed E-state index contributed by atoms with van der Waals surface area (Å²) in [6.45, 7) is 0. The zero-order valence-electron chi connectivity index (χ0n) is 8.51. The van der Waals surface area contributed by atoms with E-state index < -0.39 is 41.5 Å². The van der Waals surface area contributed by atoms with Crippen molar-refractivity contribution in [2.45, 2.75) is 11.3 Å². The fourth-order valence-corrected chi connectivity index (χ4v) is 3.18. The van der Waals surface area contributed by atoms with Crippen LogP contribution < -0.4 is 9.88 Å². The van der Waals surface area contributed by atoms with Crippen LogP contribution in [0.2, 0.25) is 0 Å². The third-order valence-corrected chi connectivity index (χ3v) is 3.71. The lowest BCUT2D eigenvalue weighted by atomic mass is 10.4. The fraction of sp³-hybridized carbons (Fsp3) is 0.167. The first-order valence-corrected chi connectivity index (χ1v) is 6.68. The van der Waals surface area contributed by atoms with E-state index in [-0.39, 0.29) is 6.07 Å². The van der Waals surface area contributed by atoms with E-state index in [1.807, 2.05) is 0 Å². The van der Waals surface area contributed by atoms with Crippen LogP contribution in [-0.2, 0) is 10.0 Å². The molecule has 0 saturated carbocycles. The topological polar surface area (TPSA) is 125 Å². The molecule has 0 bridgehead atoms. The molecule has 1 rings (SSSR count). The van der Waals surface area contributed by atoms with Crippen LogP contribution in [-0.4, -0.2) is 24.7 Å². The molecule has 1 heterocycles. The molecule has 0 fully saturated rings. The van der Waals surface area contributed by atoms with Crippen molar-refractivity contribution in [2.75, 3.05) is 0 Å². The van der Waals surface area contributed by atoms with Gasteiger partial charge in [0.25, 0.3) is 5.69 Å². The van der Waals surface area contributed by atoms with Gasteiger partial charge in [-0.2, -0.15) is 0 Å². The van der Waals surface area contributed by atoms with Gasteiger partial charge in [0.05, 0.1) is 11.0 Å². The molecule has 19 heavy (non-hydrogen) atoms. The zero-order chi connectivity index (χ0) is 15.0. The highest BCUT2D eigenvalue weighted by atomic mass is 127. The van der Waals surface area contributed by atoms with Crippen molar-refractivity contribution < 1.29 is 31.2 Å². The largest absolute Gasteiger partial charge is 0.574 e. The average molecular weight is 413 g/mol. The molecule has 1 aromatic heterocycles. The molecule has 0 unspecified atom stereocenters. The molecule has 0 amide bonds.